The Kier molecular flexibility index (Phi) is 8.95. The first-order chi connectivity index (χ1) is 19.8. The maximum Gasteiger partial charge on any atom is 0.469 e. The Balaban J connectivity index is 1.98. The highest BCUT2D eigenvalue weighted by atomic mass is 32.2. The minimum absolute atomic E-state index is 0.0784. The van der Waals surface area contributed by atoms with Gasteiger partial charge in [0.2, 0.25) is 10.0 Å². The lowest BCUT2D eigenvalue weighted by atomic mass is 10.0. The van der Waals surface area contributed by atoms with Gasteiger partial charge in [0.25, 0.3) is 0 Å². The van der Waals surface area contributed by atoms with Crippen LogP contribution in [-0.4, -0.2) is 73.1 Å². The third-order valence-corrected chi connectivity index (χ3v) is 7.97. The third kappa shape index (κ3) is 9.87. The van der Waals surface area contributed by atoms with E-state index < -0.39 is 68.3 Å². The van der Waals surface area contributed by atoms with E-state index in [1.54, 1.807) is 44.2 Å². The summed E-state index contributed by atoms with van der Waals surface area (Å²) in [6, 6.07) is 12.5. The van der Waals surface area contributed by atoms with Crippen LogP contribution in [0.15, 0.2) is 59.5 Å². The van der Waals surface area contributed by atoms with Crippen LogP contribution in [-0.2, 0) is 35.0 Å². The predicted molar refractivity (Wildman–Crippen MR) is 144 cm³/mol. The molecule has 1 saturated heterocycles. The smallest absolute Gasteiger partial charge is 0.444 e. The van der Waals surface area contributed by atoms with Gasteiger partial charge in [-0.1, -0.05) is 44.2 Å². The first-order valence-electron chi connectivity index (χ1n) is 14.1. The van der Waals surface area contributed by atoms with Crippen LogP contribution >= 0.6 is 7.82 Å². The summed E-state index contributed by atoms with van der Waals surface area (Å²) in [6.45, 7) is -2.25. The number of phosphoric acid groups is 1. The van der Waals surface area contributed by atoms with Crippen molar-refractivity contribution in [3.63, 3.8) is 0 Å². The monoisotopic (exact) mass is 589 g/mol. The molecule has 1 fully saturated rings. The van der Waals surface area contributed by atoms with Gasteiger partial charge in [0.15, 0.2) is 0 Å². The summed E-state index contributed by atoms with van der Waals surface area (Å²) < 4.78 is 86.5. The number of benzene rings is 2. The van der Waals surface area contributed by atoms with Crippen molar-refractivity contribution in [2.24, 2.45) is 5.92 Å². The molecule has 1 heterocycles. The predicted octanol–water partition coefficient (Wildman–Crippen LogP) is 2.52. The third-order valence-electron chi connectivity index (χ3n) is 5.57. The van der Waals surface area contributed by atoms with Crippen molar-refractivity contribution in [1.82, 2.24) is 9.62 Å². The number of anilines is 1. The van der Waals surface area contributed by atoms with Crippen LogP contribution < -0.4 is 11.1 Å². The molecule has 0 saturated carbocycles. The largest absolute Gasteiger partial charge is 0.469 e. The van der Waals surface area contributed by atoms with Gasteiger partial charge in [0, 0.05) is 25.2 Å². The summed E-state index contributed by atoms with van der Waals surface area (Å²) >= 11 is 0. The van der Waals surface area contributed by atoms with Gasteiger partial charge in [-0.3, -0.25) is 4.52 Å². The van der Waals surface area contributed by atoms with Crippen molar-refractivity contribution in [2.75, 3.05) is 31.9 Å². The van der Waals surface area contributed by atoms with E-state index >= 15 is 0 Å². The standard InChI is InChI=1S/C25H36N3O9PS/c1-18(2)15-28(39(33,34)22-10-8-20(26)9-11-22)16-24(37-38(30,31)32)23(14-19-6-4-3-5-7-19)27-25(29)36-21-12-13-35-17-21/h3-11,18,21,23-24H,12-17,26H2,1-2H3,(H,27,29)(H2,30,31,32)/t21-,23+,24-/m1/s1/i13D2,17D2. The van der Waals surface area contributed by atoms with E-state index in [0.29, 0.717) is 11.3 Å². The Labute approximate surface area is 234 Å². The molecule has 0 unspecified atom stereocenters. The molecule has 5 N–H and O–H groups in total. The molecule has 0 spiro atoms. The fraction of sp³-hybridized carbons (Fsp3) is 0.480. The highest BCUT2D eigenvalue weighted by molar-refractivity contribution is 7.89. The van der Waals surface area contributed by atoms with Crippen LogP contribution in [0.3, 0.4) is 0 Å². The first-order valence-corrected chi connectivity index (χ1v) is 15.1. The molecular weight excluding hydrogens is 549 g/mol. The SMILES string of the molecule is [2H]C1([2H])C[C@@H](OC(=O)N[C@@H](Cc2ccccc2)[C@@H](CN(CC(C)C)S(=O)(=O)c2ccc(N)cc2)OP(=O)(O)O)C([2H])([2H])O1. The molecule has 2 aromatic rings. The summed E-state index contributed by atoms with van der Waals surface area (Å²) in [5.41, 5.74) is 6.62. The van der Waals surface area contributed by atoms with Gasteiger partial charge in [-0.15, -0.1) is 0 Å². The van der Waals surface area contributed by atoms with E-state index in [1.165, 1.54) is 24.3 Å². The van der Waals surface area contributed by atoms with Gasteiger partial charge in [-0.25, -0.2) is 17.8 Å². The number of nitrogens with one attached hydrogen (secondary N) is 1. The second kappa shape index (κ2) is 13.7. The highest BCUT2D eigenvalue weighted by Gasteiger charge is 2.37. The number of nitrogen functional groups attached to an aromatic ring is 1. The molecule has 0 aromatic heterocycles. The number of sulfonamides is 1. The minimum Gasteiger partial charge on any atom is -0.444 e. The van der Waals surface area contributed by atoms with Crippen LogP contribution in [0.1, 0.15) is 31.3 Å². The van der Waals surface area contributed by atoms with Crippen molar-refractivity contribution < 1.29 is 47.0 Å². The van der Waals surface area contributed by atoms with Gasteiger partial charge in [0.05, 0.1) is 29.5 Å². The molecule has 3 atom stereocenters. The number of alkyl carbamates (subject to hydrolysis) is 1. The molecular formula is C25H36N3O9PS. The zero-order valence-corrected chi connectivity index (χ0v) is 23.2. The van der Waals surface area contributed by atoms with E-state index in [0.717, 1.165) is 4.31 Å². The number of amides is 1. The number of ether oxygens (including phenoxy) is 2. The van der Waals surface area contributed by atoms with Crippen LogP contribution in [0.4, 0.5) is 10.5 Å². The van der Waals surface area contributed by atoms with Gasteiger partial charge >= 0.3 is 13.9 Å². The van der Waals surface area contributed by atoms with Crippen molar-refractivity contribution >= 4 is 29.6 Å². The van der Waals surface area contributed by atoms with E-state index in [2.05, 4.69) is 5.32 Å². The van der Waals surface area contributed by atoms with Gasteiger partial charge < -0.3 is 30.3 Å². The van der Waals surface area contributed by atoms with Crippen LogP contribution in [0.25, 0.3) is 0 Å². The summed E-state index contributed by atoms with van der Waals surface area (Å²) in [4.78, 5) is 32.5. The molecule has 3 rings (SSSR count). The van der Waals surface area contributed by atoms with Crippen molar-refractivity contribution in [1.29, 1.82) is 0 Å². The van der Waals surface area contributed by atoms with E-state index in [1.807, 2.05) is 0 Å². The lowest BCUT2D eigenvalue weighted by Gasteiger charge is -2.33. The number of carbonyl (C=O) groups excluding carboxylic acids is 1. The summed E-state index contributed by atoms with van der Waals surface area (Å²) in [7, 11) is -9.52. The molecule has 14 heteroatoms. The topological polar surface area (TPSA) is 178 Å². The number of nitrogens with zero attached hydrogens (tertiary/aromatic N) is 1. The van der Waals surface area contributed by atoms with Gasteiger partial charge in [-0.05, 0) is 42.2 Å². The fourth-order valence-corrected chi connectivity index (χ4v) is 6.05. The fourth-order valence-electron chi connectivity index (χ4n) is 3.87. The Morgan fingerprint density at radius 1 is 1.21 bits per heavy atom. The quantitative estimate of drug-likeness (QED) is 0.200. The zero-order chi connectivity index (χ0) is 32.2. The number of phosphoric ester groups is 1. The van der Waals surface area contributed by atoms with Crippen LogP contribution in [0, 0.1) is 5.92 Å². The lowest BCUT2D eigenvalue weighted by Crippen LogP contribution is -2.52. The number of hydrogen-bond acceptors (Lipinski definition) is 8. The summed E-state index contributed by atoms with van der Waals surface area (Å²) in [6.07, 6.45) is -5.26. The second-order valence-electron chi connectivity index (χ2n) is 9.32. The Morgan fingerprint density at radius 3 is 2.44 bits per heavy atom. The first kappa shape index (κ1) is 25.5. The number of carbonyl (C=O) groups is 1. The maximum absolute atomic E-state index is 13.7. The molecule has 1 amide bonds. The Bertz CT molecular complexity index is 1400. The molecule has 0 aliphatic carbocycles. The minimum atomic E-state index is -5.27. The number of rotatable bonds is 13. The molecule has 1 aliphatic heterocycles. The number of hydrogen-bond donors (Lipinski definition) is 4. The average molecular weight is 590 g/mol. The van der Waals surface area contributed by atoms with E-state index in [-0.39, 0.29) is 23.8 Å². The van der Waals surface area contributed by atoms with Crippen LogP contribution in [0.2, 0.25) is 0 Å². The van der Waals surface area contributed by atoms with E-state index in [9.17, 15) is 27.6 Å². The molecule has 216 valence electrons. The average Bonchev–Trinajstić information content (AvgIpc) is 3.07. The molecule has 0 radical (unpaired) electrons. The molecule has 39 heavy (non-hydrogen) atoms. The summed E-state index contributed by atoms with van der Waals surface area (Å²) in [5.74, 6) is -0.232. The lowest BCUT2D eigenvalue weighted by molar-refractivity contribution is 0.0601. The van der Waals surface area contributed by atoms with E-state index in [4.69, 9.17) is 25.2 Å². The Hall–Kier alpha value is -2.51. The normalized spacial score (nSPS) is 21.8. The molecule has 2 aromatic carbocycles. The highest BCUT2D eigenvalue weighted by Crippen LogP contribution is 2.39. The van der Waals surface area contributed by atoms with Gasteiger partial charge in [-0.2, -0.15) is 4.31 Å². The molecule has 0 bridgehead atoms. The molecule has 1 aliphatic rings. The maximum atomic E-state index is 13.7. The van der Waals surface area contributed by atoms with Crippen LogP contribution in [0.5, 0.6) is 0 Å². The van der Waals surface area contributed by atoms with Crippen molar-refractivity contribution in [2.45, 2.75) is 49.8 Å². The number of nitrogens with two attached hydrogens (primary N) is 1. The zero-order valence-electron chi connectivity index (χ0n) is 25.5. The molecule has 12 nitrogen and oxygen atoms in total. The summed E-state index contributed by atoms with van der Waals surface area (Å²) in [5, 5.41) is 2.43. The van der Waals surface area contributed by atoms with Crippen molar-refractivity contribution in [3.8, 4) is 0 Å². The Morgan fingerprint density at radius 2 is 1.87 bits per heavy atom. The van der Waals surface area contributed by atoms with Crippen molar-refractivity contribution in [3.05, 3.63) is 60.2 Å². The second-order valence-corrected chi connectivity index (χ2v) is 12.5. The van der Waals surface area contributed by atoms with Gasteiger partial charge in [0.1, 0.15) is 12.2 Å².